The lowest BCUT2D eigenvalue weighted by Gasteiger charge is -2.32. The van der Waals surface area contributed by atoms with E-state index < -0.39 is 0 Å². The van der Waals surface area contributed by atoms with Crippen molar-refractivity contribution in [1.82, 2.24) is 10.3 Å². The van der Waals surface area contributed by atoms with Crippen molar-refractivity contribution in [2.75, 3.05) is 25.1 Å². The summed E-state index contributed by atoms with van der Waals surface area (Å²) in [6.07, 6.45) is 5.34. The summed E-state index contributed by atoms with van der Waals surface area (Å²) in [7, 11) is 1.80. The van der Waals surface area contributed by atoms with Gasteiger partial charge in [-0.15, -0.1) is 0 Å². The molecule has 0 spiro atoms. The number of nitrogens with one attached hydrogen (secondary N) is 1. The molecule has 0 bridgehead atoms. The van der Waals surface area contributed by atoms with Crippen LogP contribution in [0.3, 0.4) is 0 Å². The van der Waals surface area contributed by atoms with Crippen LogP contribution in [0.1, 0.15) is 31.4 Å². The van der Waals surface area contributed by atoms with Crippen LogP contribution in [0.4, 0.5) is 5.82 Å². The molecule has 4 nitrogen and oxygen atoms in total. The first-order valence-electron chi connectivity index (χ1n) is 7.32. The molecule has 2 aliphatic rings. The van der Waals surface area contributed by atoms with Crippen LogP contribution < -0.4 is 10.2 Å². The van der Waals surface area contributed by atoms with E-state index in [1.165, 1.54) is 19.3 Å². The van der Waals surface area contributed by atoms with Crippen molar-refractivity contribution < 1.29 is 4.74 Å². The first-order chi connectivity index (χ1) is 9.35. The molecule has 1 unspecified atom stereocenters. The minimum Gasteiger partial charge on any atom is -0.380 e. The number of piperidine rings is 1. The van der Waals surface area contributed by atoms with Crippen molar-refractivity contribution in [3.05, 3.63) is 23.9 Å². The third-order valence-corrected chi connectivity index (χ3v) is 3.98. The SMILES string of the molecule is COC1CCCN(c2cccc(CNC3CC3)n2)C1. The standard InChI is InChI=1S/C15H23N3O/c1-19-14-5-3-9-18(11-14)15-6-2-4-13(17-15)10-16-12-7-8-12/h2,4,6,12,14,16H,3,5,7-11H2,1H3. The summed E-state index contributed by atoms with van der Waals surface area (Å²) >= 11 is 0. The predicted octanol–water partition coefficient (Wildman–Crippen LogP) is 1.95. The van der Waals surface area contributed by atoms with Crippen LogP contribution in [0.5, 0.6) is 0 Å². The van der Waals surface area contributed by atoms with Gasteiger partial charge in [-0.3, -0.25) is 0 Å². The molecule has 19 heavy (non-hydrogen) atoms. The van der Waals surface area contributed by atoms with E-state index in [0.717, 1.165) is 43.6 Å². The number of hydrogen-bond acceptors (Lipinski definition) is 4. The number of ether oxygens (including phenoxy) is 1. The monoisotopic (exact) mass is 261 g/mol. The number of aromatic nitrogens is 1. The fourth-order valence-corrected chi connectivity index (χ4v) is 2.62. The van der Waals surface area contributed by atoms with Gasteiger partial charge in [-0.2, -0.15) is 0 Å². The van der Waals surface area contributed by atoms with Crippen molar-refractivity contribution in [1.29, 1.82) is 0 Å². The van der Waals surface area contributed by atoms with Gasteiger partial charge in [0.05, 0.1) is 11.8 Å². The van der Waals surface area contributed by atoms with Crippen LogP contribution in [-0.2, 0) is 11.3 Å². The summed E-state index contributed by atoms with van der Waals surface area (Å²) in [5.74, 6) is 1.09. The number of nitrogens with zero attached hydrogens (tertiary/aromatic N) is 2. The van der Waals surface area contributed by atoms with Crippen molar-refractivity contribution in [3.63, 3.8) is 0 Å². The highest BCUT2D eigenvalue weighted by Crippen LogP contribution is 2.21. The molecule has 1 aliphatic heterocycles. The summed E-state index contributed by atoms with van der Waals surface area (Å²) in [6.45, 7) is 2.94. The van der Waals surface area contributed by atoms with E-state index in [2.05, 4.69) is 28.4 Å². The quantitative estimate of drug-likeness (QED) is 0.879. The van der Waals surface area contributed by atoms with Gasteiger partial charge in [0.15, 0.2) is 0 Å². The largest absolute Gasteiger partial charge is 0.380 e. The molecule has 2 fully saturated rings. The topological polar surface area (TPSA) is 37.4 Å². The Hall–Kier alpha value is -1.13. The number of hydrogen-bond donors (Lipinski definition) is 1. The van der Waals surface area contributed by atoms with E-state index in [4.69, 9.17) is 9.72 Å². The highest BCUT2D eigenvalue weighted by Gasteiger charge is 2.22. The molecule has 1 saturated carbocycles. The minimum atomic E-state index is 0.351. The van der Waals surface area contributed by atoms with Gasteiger partial charge in [-0.25, -0.2) is 4.98 Å². The zero-order valence-electron chi connectivity index (χ0n) is 11.6. The van der Waals surface area contributed by atoms with Crippen molar-refractivity contribution >= 4 is 5.82 Å². The Labute approximate surface area is 115 Å². The van der Waals surface area contributed by atoms with Gasteiger partial charge in [-0.05, 0) is 37.8 Å². The zero-order chi connectivity index (χ0) is 13.1. The van der Waals surface area contributed by atoms with E-state index in [1.54, 1.807) is 7.11 Å². The summed E-state index contributed by atoms with van der Waals surface area (Å²) in [5, 5.41) is 3.52. The number of methoxy groups -OCH3 is 1. The lowest BCUT2D eigenvalue weighted by Crippen LogP contribution is -2.39. The summed E-state index contributed by atoms with van der Waals surface area (Å²) in [5.41, 5.74) is 1.14. The summed E-state index contributed by atoms with van der Waals surface area (Å²) < 4.78 is 5.48. The normalized spacial score (nSPS) is 23.6. The van der Waals surface area contributed by atoms with Crippen molar-refractivity contribution in [2.45, 2.75) is 44.4 Å². The maximum Gasteiger partial charge on any atom is 0.128 e. The van der Waals surface area contributed by atoms with Gasteiger partial charge >= 0.3 is 0 Å². The molecule has 0 radical (unpaired) electrons. The van der Waals surface area contributed by atoms with Crippen LogP contribution >= 0.6 is 0 Å². The van der Waals surface area contributed by atoms with Crippen LogP contribution in [0.15, 0.2) is 18.2 Å². The average molecular weight is 261 g/mol. The molecule has 2 heterocycles. The fourth-order valence-electron chi connectivity index (χ4n) is 2.62. The molecular formula is C15H23N3O. The molecule has 0 aromatic carbocycles. The van der Waals surface area contributed by atoms with E-state index in [1.807, 2.05) is 0 Å². The van der Waals surface area contributed by atoms with Gasteiger partial charge in [0.25, 0.3) is 0 Å². The van der Waals surface area contributed by atoms with Crippen molar-refractivity contribution in [2.24, 2.45) is 0 Å². The molecule has 1 N–H and O–H groups in total. The maximum absolute atomic E-state index is 5.48. The lowest BCUT2D eigenvalue weighted by atomic mass is 10.1. The van der Waals surface area contributed by atoms with Crippen LogP contribution in [0.25, 0.3) is 0 Å². The molecule has 1 aliphatic carbocycles. The maximum atomic E-state index is 5.48. The Morgan fingerprint density at radius 1 is 1.37 bits per heavy atom. The Morgan fingerprint density at radius 3 is 3.05 bits per heavy atom. The smallest absolute Gasteiger partial charge is 0.128 e. The summed E-state index contributed by atoms with van der Waals surface area (Å²) in [6, 6.07) is 7.07. The highest BCUT2D eigenvalue weighted by atomic mass is 16.5. The molecule has 1 saturated heterocycles. The van der Waals surface area contributed by atoms with Crippen molar-refractivity contribution in [3.8, 4) is 0 Å². The van der Waals surface area contributed by atoms with Gasteiger partial charge < -0.3 is 15.0 Å². The van der Waals surface area contributed by atoms with E-state index in [0.29, 0.717) is 6.10 Å². The van der Waals surface area contributed by atoms with E-state index >= 15 is 0 Å². The Balaban J connectivity index is 1.63. The number of pyridine rings is 1. The van der Waals surface area contributed by atoms with E-state index in [9.17, 15) is 0 Å². The summed E-state index contributed by atoms with van der Waals surface area (Å²) in [4.78, 5) is 7.12. The molecule has 1 atom stereocenters. The molecule has 3 rings (SSSR count). The second-order valence-corrected chi connectivity index (χ2v) is 5.59. The lowest BCUT2D eigenvalue weighted by molar-refractivity contribution is 0.0891. The first-order valence-corrected chi connectivity index (χ1v) is 7.32. The van der Waals surface area contributed by atoms with Gasteiger partial charge in [0.2, 0.25) is 0 Å². The third-order valence-electron chi connectivity index (χ3n) is 3.98. The molecular weight excluding hydrogens is 238 g/mol. The second-order valence-electron chi connectivity index (χ2n) is 5.59. The fraction of sp³-hybridized carbons (Fsp3) is 0.667. The zero-order valence-corrected chi connectivity index (χ0v) is 11.6. The molecule has 1 aromatic rings. The van der Waals surface area contributed by atoms with Gasteiger partial charge in [0.1, 0.15) is 5.82 Å². The molecule has 0 amide bonds. The predicted molar refractivity (Wildman–Crippen MR) is 76.3 cm³/mol. The van der Waals surface area contributed by atoms with E-state index in [-0.39, 0.29) is 0 Å². The van der Waals surface area contributed by atoms with Crippen LogP contribution in [0, 0.1) is 0 Å². The van der Waals surface area contributed by atoms with Crippen LogP contribution in [0.2, 0.25) is 0 Å². The first kappa shape index (κ1) is 12.9. The van der Waals surface area contributed by atoms with Crippen LogP contribution in [-0.4, -0.2) is 37.3 Å². The number of anilines is 1. The Bertz CT molecular complexity index is 420. The minimum absolute atomic E-state index is 0.351. The van der Waals surface area contributed by atoms with Gasteiger partial charge in [-0.1, -0.05) is 6.07 Å². The Morgan fingerprint density at radius 2 is 2.26 bits per heavy atom. The Kier molecular flexibility index (Phi) is 3.99. The second kappa shape index (κ2) is 5.88. The third kappa shape index (κ3) is 3.45. The number of rotatable bonds is 5. The molecule has 1 aromatic heterocycles. The highest BCUT2D eigenvalue weighted by molar-refractivity contribution is 5.40. The molecule has 104 valence electrons. The molecule has 4 heteroatoms. The van der Waals surface area contributed by atoms with Gasteiger partial charge in [0, 0.05) is 32.8 Å². The average Bonchev–Trinajstić information content (AvgIpc) is 3.30.